The van der Waals surface area contributed by atoms with Crippen LogP contribution in [0.5, 0.6) is 0 Å². The maximum atomic E-state index is 8.95. The smallest absolute Gasteiger partial charge is 0.450 e. The van der Waals surface area contributed by atoms with Gasteiger partial charge in [-0.05, 0) is 0 Å². The molecule has 7 nitrogen and oxygen atoms in total. The molecule has 0 radical (unpaired) electrons. The highest BCUT2D eigenvalue weighted by atomic mass is 16.6. The summed E-state index contributed by atoms with van der Waals surface area (Å²) in [6.07, 6.45) is -5.29. The summed E-state index contributed by atoms with van der Waals surface area (Å²) >= 11 is 0. The standard InChI is InChI=1S/C6H12O4.CH2O3/c7-3-1-4(8)6(10)5(9)2-3;2-1(3)4/h3-10H,1-2H2;(H2,2,3,4). The quantitative estimate of drug-likeness (QED) is 0.284. The van der Waals surface area contributed by atoms with E-state index < -0.39 is 30.6 Å². The van der Waals surface area contributed by atoms with Gasteiger partial charge in [-0.3, -0.25) is 0 Å². The third-order valence-corrected chi connectivity index (χ3v) is 1.82. The first-order chi connectivity index (χ1) is 6.34. The summed E-state index contributed by atoms with van der Waals surface area (Å²) in [5.41, 5.74) is 0. The molecule has 84 valence electrons. The van der Waals surface area contributed by atoms with E-state index in [9.17, 15) is 0 Å². The van der Waals surface area contributed by atoms with Crippen molar-refractivity contribution < 1.29 is 35.4 Å². The number of rotatable bonds is 0. The highest BCUT2D eigenvalue weighted by Crippen LogP contribution is 2.19. The summed E-state index contributed by atoms with van der Waals surface area (Å²) in [6.45, 7) is 0. The van der Waals surface area contributed by atoms with Crippen LogP contribution in [0.2, 0.25) is 0 Å². The van der Waals surface area contributed by atoms with Crippen molar-refractivity contribution in [2.75, 3.05) is 0 Å². The average molecular weight is 210 g/mol. The first kappa shape index (κ1) is 13.1. The third kappa shape index (κ3) is 4.97. The largest absolute Gasteiger partial charge is 0.503 e. The predicted molar refractivity (Wildman–Crippen MR) is 43.9 cm³/mol. The van der Waals surface area contributed by atoms with Crippen molar-refractivity contribution in [3.05, 3.63) is 0 Å². The van der Waals surface area contributed by atoms with Gasteiger partial charge in [0.15, 0.2) is 0 Å². The van der Waals surface area contributed by atoms with Gasteiger partial charge < -0.3 is 30.6 Å². The van der Waals surface area contributed by atoms with Crippen molar-refractivity contribution in [1.29, 1.82) is 0 Å². The molecule has 2 unspecified atom stereocenters. The van der Waals surface area contributed by atoms with Crippen molar-refractivity contribution in [3.8, 4) is 0 Å². The average Bonchev–Trinajstić information content (AvgIpc) is 1.98. The van der Waals surface area contributed by atoms with Gasteiger partial charge in [-0.1, -0.05) is 0 Å². The number of carbonyl (C=O) groups is 1. The zero-order valence-corrected chi connectivity index (χ0v) is 7.32. The number of hydrogen-bond donors (Lipinski definition) is 6. The minimum Gasteiger partial charge on any atom is -0.450 e. The second kappa shape index (κ2) is 5.76. The van der Waals surface area contributed by atoms with Crippen LogP contribution >= 0.6 is 0 Å². The number of carboxylic acid groups (broad SMARTS) is 2. The van der Waals surface area contributed by atoms with E-state index >= 15 is 0 Å². The van der Waals surface area contributed by atoms with E-state index in [1.54, 1.807) is 0 Å². The lowest BCUT2D eigenvalue weighted by molar-refractivity contribution is -0.116. The highest BCUT2D eigenvalue weighted by molar-refractivity contribution is 5.53. The van der Waals surface area contributed by atoms with Crippen LogP contribution in [0.3, 0.4) is 0 Å². The Kier molecular flexibility index (Phi) is 5.39. The molecule has 0 saturated heterocycles. The monoisotopic (exact) mass is 210 g/mol. The zero-order valence-electron chi connectivity index (χ0n) is 7.32. The molecule has 0 aromatic carbocycles. The summed E-state index contributed by atoms with van der Waals surface area (Å²) in [6, 6.07) is 0. The molecular weight excluding hydrogens is 196 g/mol. The third-order valence-electron chi connectivity index (χ3n) is 1.82. The Morgan fingerprint density at radius 1 is 0.929 bits per heavy atom. The van der Waals surface area contributed by atoms with Gasteiger partial charge in [-0.2, -0.15) is 0 Å². The van der Waals surface area contributed by atoms with Gasteiger partial charge in [0.1, 0.15) is 6.10 Å². The Labute approximate surface area is 79.9 Å². The van der Waals surface area contributed by atoms with Crippen molar-refractivity contribution in [2.45, 2.75) is 37.3 Å². The van der Waals surface area contributed by atoms with Crippen LogP contribution in [0.25, 0.3) is 0 Å². The second-order valence-corrected chi connectivity index (χ2v) is 3.03. The van der Waals surface area contributed by atoms with Crippen LogP contribution in [-0.2, 0) is 0 Å². The van der Waals surface area contributed by atoms with Gasteiger partial charge in [0.25, 0.3) is 0 Å². The Balaban J connectivity index is 0.000000364. The van der Waals surface area contributed by atoms with Gasteiger partial charge in [0.2, 0.25) is 0 Å². The lowest BCUT2D eigenvalue weighted by Crippen LogP contribution is -2.46. The Morgan fingerprint density at radius 2 is 1.21 bits per heavy atom. The normalized spacial score (nSPS) is 36.9. The number of hydrogen-bond acceptors (Lipinski definition) is 5. The van der Waals surface area contributed by atoms with Crippen LogP contribution in [-0.4, -0.2) is 61.2 Å². The van der Waals surface area contributed by atoms with E-state index in [0.29, 0.717) is 0 Å². The van der Waals surface area contributed by atoms with E-state index in [1.807, 2.05) is 0 Å². The van der Waals surface area contributed by atoms with Crippen LogP contribution in [0, 0.1) is 0 Å². The van der Waals surface area contributed by atoms with Gasteiger partial charge in [0, 0.05) is 12.8 Å². The van der Waals surface area contributed by atoms with E-state index in [0.717, 1.165) is 0 Å². The lowest BCUT2D eigenvalue weighted by atomic mass is 9.90. The molecule has 0 amide bonds. The molecule has 0 aromatic rings. The van der Waals surface area contributed by atoms with Crippen LogP contribution in [0.4, 0.5) is 4.79 Å². The molecule has 1 aliphatic rings. The molecule has 14 heavy (non-hydrogen) atoms. The molecule has 0 spiro atoms. The predicted octanol–water partition coefficient (Wildman–Crippen LogP) is -1.55. The molecule has 1 aliphatic carbocycles. The molecule has 2 atom stereocenters. The fourth-order valence-electron chi connectivity index (χ4n) is 1.19. The van der Waals surface area contributed by atoms with E-state index in [1.165, 1.54) is 0 Å². The number of aliphatic hydroxyl groups excluding tert-OH is 4. The maximum Gasteiger partial charge on any atom is 0.503 e. The van der Waals surface area contributed by atoms with Crippen molar-refractivity contribution in [1.82, 2.24) is 0 Å². The second-order valence-electron chi connectivity index (χ2n) is 3.03. The Bertz CT molecular complexity index is 167. The molecule has 0 aliphatic heterocycles. The van der Waals surface area contributed by atoms with Crippen LogP contribution in [0.1, 0.15) is 12.8 Å². The topological polar surface area (TPSA) is 138 Å². The molecule has 1 rings (SSSR count). The molecule has 6 N–H and O–H groups in total. The minimum atomic E-state index is -1.83. The van der Waals surface area contributed by atoms with E-state index in [2.05, 4.69) is 0 Å². The van der Waals surface area contributed by atoms with E-state index in [4.69, 9.17) is 35.4 Å². The van der Waals surface area contributed by atoms with Crippen LogP contribution < -0.4 is 0 Å². The molecule has 0 heterocycles. The highest BCUT2D eigenvalue weighted by Gasteiger charge is 2.33. The summed E-state index contributed by atoms with van der Waals surface area (Å²) in [4.78, 5) is 8.56. The molecule has 0 aromatic heterocycles. The van der Waals surface area contributed by atoms with Crippen molar-refractivity contribution >= 4 is 6.16 Å². The Morgan fingerprint density at radius 3 is 1.50 bits per heavy atom. The summed E-state index contributed by atoms with van der Waals surface area (Å²) in [7, 11) is 0. The van der Waals surface area contributed by atoms with Crippen molar-refractivity contribution in [3.63, 3.8) is 0 Å². The molecular formula is C7H14O7. The first-order valence-corrected chi connectivity index (χ1v) is 3.98. The molecule has 7 heteroatoms. The van der Waals surface area contributed by atoms with E-state index in [-0.39, 0.29) is 12.8 Å². The summed E-state index contributed by atoms with van der Waals surface area (Å²) in [5.74, 6) is 0. The minimum absolute atomic E-state index is 0.151. The van der Waals surface area contributed by atoms with Gasteiger partial charge >= 0.3 is 6.16 Å². The molecule has 1 fully saturated rings. The van der Waals surface area contributed by atoms with Gasteiger partial charge in [0.05, 0.1) is 18.3 Å². The van der Waals surface area contributed by atoms with Crippen molar-refractivity contribution in [2.24, 2.45) is 0 Å². The number of aliphatic hydroxyl groups is 4. The summed E-state index contributed by atoms with van der Waals surface area (Å²) < 4.78 is 0. The van der Waals surface area contributed by atoms with Gasteiger partial charge in [-0.25, -0.2) is 4.79 Å². The fourth-order valence-corrected chi connectivity index (χ4v) is 1.19. The molecule has 1 saturated carbocycles. The Hall–Kier alpha value is -0.890. The SMILES string of the molecule is O=C(O)O.OC1CC(O)C(O)C(O)C1. The fraction of sp³-hybridized carbons (Fsp3) is 0.857. The molecule has 0 bridgehead atoms. The zero-order chi connectivity index (χ0) is 11.3. The summed E-state index contributed by atoms with van der Waals surface area (Å²) in [5, 5.41) is 49.7. The first-order valence-electron chi connectivity index (χ1n) is 3.98. The maximum absolute atomic E-state index is 8.95. The van der Waals surface area contributed by atoms with Gasteiger partial charge in [-0.15, -0.1) is 0 Å². The van der Waals surface area contributed by atoms with Crippen LogP contribution in [0.15, 0.2) is 0 Å². The lowest BCUT2D eigenvalue weighted by Gasteiger charge is -2.31.